The maximum absolute atomic E-state index is 12.2. The quantitative estimate of drug-likeness (QED) is 0.825. The number of piperidine rings is 1. The van der Waals surface area contributed by atoms with Crippen LogP contribution in [0, 0.1) is 5.41 Å². The lowest BCUT2D eigenvalue weighted by molar-refractivity contribution is -0.150. The van der Waals surface area contributed by atoms with Crippen molar-refractivity contribution in [2.24, 2.45) is 5.41 Å². The molecule has 1 saturated heterocycles. The van der Waals surface area contributed by atoms with Crippen LogP contribution < -0.4 is 5.32 Å². The van der Waals surface area contributed by atoms with Gasteiger partial charge >= 0.3 is 12.0 Å². The molecule has 21 heavy (non-hydrogen) atoms. The number of amides is 2. The number of rotatable bonds is 2. The molecule has 0 atom stereocenters. The molecule has 1 fully saturated rings. The molecule has 2 rings (SSSR count). The number of carbonyl (C=O) groups excluding carboxylic acids is 1. The third-order valence-corrected chi connectivity index (χ3v) is 5.07. The number of aliphatic carboxylic acids is 1. The molecule has 1 aliphatic rings. The van der Waals surface area contributed by atoms with Crippen molar-refractivity contribution in [1.29, 1.82) is 0 Å². The maximum Gasteiger partial charge on any atom is 0.321 e. The Kier molecular flexibility index (Phi) is 4.78. The topological polar surface area (TPSA) is 69.6 Å². The van der Waals surface area contributed by atoms with Gasteiger partial charge in [0.25, 0.3) is 0 Å². The fourth-order valence-corrected chi connectivity index (χ4v) is 2.62. The van der Waals surface area contributed by atoms with Crippen molar-refractivity contribution >= 4 is 45.2 Å². The van der Waals surface area contributed by atoms with E-state index < -0.39 is 11.4 Å². The number of hydrogen-bond acceptors (Lipinski definition) is 2. The van der Waals surface area contributed by atoms with Crippen molar-refractivity contribution in [3.63, 3.8) is 0 Å². The molecule has 114 valence electrons. The predicted molar refractivity (Wildman–Crippen MR) is 84.7 cm³/mol. The minimum Gasteiger partial charge on any atom is -0.481 e. The Morgan fingerprint density at radius 3 is 2.52 bits per heavy atom. The first-order chi connectivity index (χ1) is 9.82. The average Bonchev–Trinajstić information content (AvgIpc) is 2.43. The van der Waals surface area contributed by atoms with Gasteiger partial charge in [-0.15, -0.1) is 0 Å². The summed E-state index contributed by atoms with van der Waals surface area (Å²) in [4.78, 5) is 25.0. The van der Waals surface area contributed by atoms with Gasteiger partial charge in [0.15, 0.2) is 0 Å². The van der Waals surface area contributed by atoms with Gasteiger partial charge in [-0.2, -0.15) is 0 Å². The Hall–Kier alpha value is -1.27. The van der Waals surface area contributed by atoms with Crippen molar-refractivity contribution in [2.45, 2.75) is 19.8 Å². The van der Waals surface area contributed by atoms with Gasteiger partial charge in [-0.1, -0.05) is 11.6 Å². The molecule has 1 aromatic carbocycles. The zero-order chi connectivity index (χ0) is 15.6. The number of urea groups is 1. The Morgan fingerprint density at radius 2 is 2.00 bits per heavy atom. The summed E-state index contributed by atoms with van der Waals surface area (Å²) in [6.07, 6.45) is 0.910. The Bertz CT molecular complexity index is 571. The fourth-order valence-electron chi connectivity index (χ4n) is 2.19. The number of anilines is 1. The average molecular weight is 376 g/mol. The van der Waals surface area contributed by atoms with Gasteiger partial charge in [-0.3, -0.25) is 4.79 Å². The minimum absolute atomic E-state index is 0.235. The molecule has 5 nitrogen and oxygen atoms in total. The molecule has 2 N–H and O–H groups in total. The van der Waals surface area contributed by atoms with Crippen LogP contribution in [0.2, 0.25) is 5.02 Å². The predicted octanol–water partition coefficient (Wildman–Crippen LogP) is 3.82. The first-order valence-electron chi connectivity index (χ1n) is 6.56. The number of nitrogens with zero attached hydrogens (tertiary/aromatic N) is 1. The molecule has 0 unspecified atom stereocenters. The summed E-state index contributed by atoms with van der Waals surface area (Å²) in [6, 6.07) is 4.93. The van der Waals surface area contributed by atoms with E-state index in [2.05, 4.69) is 21.2 Å². The number of carboxylic acids is 1. The third kappa shape index (κ3) is 3.68. The van der Waals surface area contributed by atoms with E-state index in [1.54, 1.807) is 30.0 Å². The van der Waals surface area contributed by atoms with Crippen LogP contribution in [0.15, 0.2) is 22.7 Å². The number of halogens is 2. The molecule has 7 heteroatoms. The zero-order valence-corrected chi connectivity index (χ0v) is 13.9. The number of hydrogen-bond donors (Lipinski definition) is 2. The molecular weight excluding hydrogens is 360 g/mol. The van der Waals surface area contributed by atoms with E-state index in [-0.39, 0.29) is 6.03 Å². The van der Waals surface area contributed by atoms with Crippen LogP contribution in [-0.4, -0.2) is 35.1 Å². The second-order valence-corrected chi connectivity index (χ2v) is 6.67. The van der Waals surface area contributed by atoms with E-state index in [4.69, 9.17) is 11.6 Å². The van der Waals surface area contributed by atoms with Gasteiger partial charge in [0, 0.05) is 23.2 Å². The highest BCUT2D eigenvalue weighted by Crippen LogP contribution is 2.31. The number of carboxylic acid groups (broad SMARTS) is 1. The van der Waals surface area contributed by atoms with Crippen molar-refractivity contribution < 1.29 is 14.7 Å². The number of carbonyl (C=O) groups is 2. The van der Waals surface area contributed by atoms with Crippen molar-refractivity contribution in [3.8, 4) is 0 Å². The summed E-state index contributed by atoms with van der Waals surface area (Å²) in [5, 5.41) is 12.5. The molecule has 0 aromatic heterocycles. The summed E-state index contributed by atoms with van der Waals surface area (Å²) in [5.41, 5.74) is -0.127. The van der Waals surface area contributed by atoms with Crippen LogP contribution in [0.25, 0.3) is 0 Å². The van der Waals surface area contributed by atoms with Crippen LogP contribution in [0.3, 0.4) is 0 Å². The van der Waals surface area contributed by atoms with E-state index in [0.717, 1.165) is 4.47 Å². The lowest BCUT2D eigenvalue weighted by atomic mass is 9.80. The Balaban J connectivity index is 1.96. The minimum atomic E-state index is -0.803. The first-order valence-corrected chi connectivity index (χ1v) is 7.73. The SMILES string of the molecule is CC1(C(=O)O)CCN(C(=O)Nc2ccc(Br)c(Cl)c2)CC1. The highest BCUT2D eigenvalue weighted by molar-refractivity contribution is 9.10. The third-order valence-electron chi connectivity index (χ3n) is 3.84. The van der Waals surface area contributed by atoms with Crippen molar-refractivity contribution in [2.75, 3.05) is 18.4 Å². The van der Waals surface area contributed by atoms with Crippen molar-refractivity contribution in [3.05, 3.63) is 27.7 Å². The number of benzene rings is 1. The highest BCUT2D eigenvalue weighted by atomic mass is 79.9. The highest BCUT2D eigenvalue weighted by Gasteiger charge is 2.38. The molecule has 0 bridgehead atoms. The molecule has 0 aliphatic carbocycles. The fraction of sp³-hybridized carbons (Fsp3) is 0.429. The van der Waals surface area contributed by atoms with Crippen molar-refractivity contribution in [1.82, 2.24) is 4.90 Å². The molecule has 1 aliphatic heterocycles. The molecule has 0 radical (unpaired) electrons. The van der Waals surface area contributed by atoms with Gasteiger partial charge in [-0.05, 0) is 53.9 Å². The summed E-state index contributed by atoms with van der Waals surface area (Å²) in [6.45, 7) is 2.58. The van der Waals surface area contributed by atoms with E-state index in [1.807, 2.05) is 0 Å². The molecule has 1 heterocycles. The van der Waals surface area contributed by atoms with Gasteiger partial charge in [0.2, 0.25) is 0 Å². The Labute approximate surface area is 136 Å². The van der Waals surface area contributed by atoms with Gasteiger partial charge in [-0.25, -0.2) is 4.79 Å². The molecule has 1 aromatic rings. The van der Waals surface area contributed by atoms with E-state index in [0.29, 0.717) is 36.6 Å². The monoisotopic (exact) mass is 374 g/mol. The first kappa shape index (κ1) is 16.1. The molecule has 2 amide bonds. The second kappa shape index (κ2) is 6.23. The van der Waals surface area contributed by atoms with E-state index >= 15 is 0 Å². The van der Waals surface area contributed by atoms with Gasteiger partial charge in [0.05, 0.1) is 10.4 Å². The van der Waals surface area contributed by atoms with Crippen LogP contribution in [-0.2, 0) is 4.79 Å². The normalized spacial score (nSPS) is 17.4. The zero-order valence-electron chi connectivity index (χ0n) is 11.5. The smallest absolute Gasteiger partial charge is 0.321 e. The number of likely N-dealkylation sites (tertiary alicyclic amines) is 1. The Morgan fingerprint density at radius 1 is 1.38 bits per heavy atom. The van der Waals surface area contributed by atoms with Crippen LogP contribution in [0.4, 0.5) is 10.5 Å². The maximum atomic E-state index is 12.2. The lowest BCUT2D eigenvalue weighted by Gasteiger charge is -2.36. The summed E-state index contributed by atoms with van der Waals surface area (Å²) < 4.78 is 0.761. The van der Waals surface area contributed by atoms with Crippen LogP contribution in [0.5, 0.6) is 0 Å². The molecule has 0 saturated carbocycles. The number of nitrogens with one attached hydrogen (secondary N) is 1. The van der Waals surface area contributed by atoms with Gasteiger partial charge in [0.1, 0.15) is 0 Å². The van der Waals surface area contributed by atoms with Crippen LogP contribution >= 0.6 is 27.5 Å². The summed E-state index contributed by atoms with van der Waals surface area (Å²) >= 11 is 9.27. The standard InChI is InChI=1S/C14H16BrClN2O3/c1-14(12(19)20)4-6-18(7-5-14)13(21)17-9-2-3-10(15)11(16)8-9/h2-3,8H,4-7H2,1H3,(H,17,21)(H,19,20). The van der Waals surface area contributed by atoms with E-state index in [1.165, 1.54) is 0 Å². The molecular formula is C14H16BrClN2O3. The largest absolute Gasteiger partial charge is 0.481 e. The van der Waals surface area contributed by atoms with E-state index in [9.17, 15) is 14.7 Å². The summed E-state index contributed by atoms with van der Waals surface area (Å²) in [5.74, 6) is -0.803. The summed E-state index contributed by atoms with van der Waals surface area (Å²) in [7, 11) is 0. The lowest BCUT2D eigenvalue weighted by Crippen LogP contribution is -2.46. The second-order valence-electron chi connectivity index (χ2n) is 5.41. The molecule has 0 spiro atoms. The van der Waals surface area contributed by atoms with Crippen LogP contribution in [0.1, 0.15) is 19.8 Å². The van der Waals surface area contributed by atoms with Gasteiger partial charge < -0.3 is 15.3 Å².